The third-order valence-corrected chi connectivity index (χ3v) is 4.77. The van der Waals surface area contributed by atoms with Crippen molar-refractivity contribution in [1.29, 1.82) is 0 Å². The maximum Gasteiger partial charge on any atom is 0.311 e. The average molecular weight is 410 g/mol. The van der Waals surface area contributed by atoms with Gasteiger partial charge in [-0.25, -0.2) is 0 Å². The molecule has 0 aromatic heterocycles. The van der Waals surface area contributed by atoms with Crippen LogP contribution in [0.1, 0.15) is 24.5 Å². The third kappa shape index (κ3) is 5.37. The maximum atomic E-state index is 12.4. The molecule has 0 aliphatic carbocycles. The van der Waals surface area contributed by atoms with Crippen molar-refractivity contribution in [3.05, 3.63) is 53.6 Å². The van der Waals surface area contributed by atoms with Gasteiger partial charge in [0.1, 0.15) is 5.75 Å². The minimum atomic E-state index is -0.586. The molecule has 1 aliphatic rings. The number of hydrogen-bond acceptors (Lipinski definition) is 5. The predicted molar refractivity (Wildman–Crippen MR) is 114 cm³/mol. The van der Waals surface area contributed by atoms with Gasteiger partial charge in [-0.3, -0.25) is 14.4 Å². The Kier molecular flexibility index (Phi) is 6.72. The molecule has 7 nitrogen and oxygen atoms in total. The molecule has 30 heavy (non-hydrogen) atoms. The first kappa shape index (κ1) is 21.4. The highest BCUT2D eigenvalue weighted by atomic mass is 16.5. The molecule has 1 saturated heterocycles. The topological polar surface area (TPSA) is 84.9 Å². The van der Waals surface area contributed by atoms with E-state index in [1.165, 1.54) is 0 Å². The van der Waals surface area contributed by atoms with Gasteiger partial charge in [0.15, 0.2) is 6.61 Å². The lowest BCUT2D eigenvalue weighted by atomic mass is 10.1. The molecule has 1 fully saturated rings. The average Bonchev–Trinajstić information content (AvgIpc) is 3.09. The summed E-state index contributed by atoms with van der Waals surface area (Å²) in [5.41, 5.74) is 3.46. The molecule has 1 N–H and O–H groups in total. The molecule has 3 rings (SSSR count). The lowest BCUT2D eigenvalue weighted by Crippen LogP contribution is -2.28. The van der Waals surface area contributed by atoms with Gasteiger partial charge in [-0.1, -0.05) is 6.07 Å². The second-order valence-electron chi connectivity index (χ2n) is 7.36. The van der Waals surface area contributed by atoms with E-state index < -0.39 is 24.4 Å². The zero-order chi connectivity index (χ0) is 21.7. The summed E-state index contributed by atoms with van der Waals surface area (Å²) in [5.74, 6) is -0.987. The van der Waals surface area contributed by atoms with Gasteiger partial charge in [0.05, 0.1) is 12.5 Å². The highest BCUT2D eigenvalue weighted by Crippen LogP contribution is 2.27. The van der Waals surface area contributed by atoms with E-state index in [4.69, 9.17) is 9.47 Å². The first-order valence-electron chi connectivity index (χ1n) is 9.93. The normalized spacial score (nSPS) is 15.8. The molecule has 0 bridgehead atoms. The van der Waals surface area contributed by atoms with E-state index in [9.17, 15) is 14.4 Å². The lowest BCUT2D eigenvalue weighted by Gasteiger charge is -2.18. The summed E-state index contributed by atoms with van der Waals surface area (Å²) in [4.78, 5) is 38.4. The van der Waals surface area contributed by atoms with Crippen LogP contribution in [0, 0.1) is 19.8 Å². The second-order valence-corrected chi connectivity index (χ2v) is 7.36. The lowest BCUT2D eigenvalue weighted by molar-refractivity contribution is -0.151. The van der Waals surface area contributed by atoms with Crippen molar-refractivity contribution >= 4 is 29.2 Å². The number of nitrogens with one attached hydrogen (secondary N) is 1. The van der Waals surface area contributed by atoms with Crippen LogP contribution in [0.5, 0.6) is 5.75 Å². The van der Waals surface area contributed by atoms with Crippen LogP contribution in [0.25, 0.3) is 0 Å². The van der Waals surface area contributed by atoms with E-state index in [1.54, 1.807) is 29.2 Å². The van der Waals surface area contributed by atoms with Crippen molar-refractivity contribution in [2.45, 2.75) is 27.2 Å². The molecule has 1 heterocycles. The highest BCUT2D eigenvalue weighted by Gasteiger charge is 2.36. The fourth-order valence-corrected chi connectivity index (χ4v) is 3.47. The summed E-state index contributed by atoms with van der Waals surface area (Å²) in [6, 6.07) is 12.8. The molecular formula is C23H26N2O5. The smallest absolute Gasteiger partial charge is 0.311 e. The summed E-state index contributed by atoms with van der Waals surface area (Å²) in [6.45, 7) is 6.23. The second kappa shape index (κ2) is 9.43. The molecule has 0 saturated carbocycles. The van der Waals surface area contributed by atoms with Crippen LogP contribution in [-0.4, -0.2) is 37.5 Å². The minimum absolute atomic E-state index is 0.0757. The van der Waals surface area contributed by atoms with Gasteiger partial charge in [0.25, 0.3) is 5.91 Å². The van der Waals surface area contributed by atoms with Gasteiger partial charge >= 0.3 is 5.97 Å². The van der Waals surface area contributed by atoms with Gasteiger partial charge < -0.3 is 19.7 Å². The zero-order valence-electron chi connectivity index (χ0n) is 17.4. The van der Waals surface area contributed by atoms with Gasteiger partial charge in [0.2, 0.25) is 5.91 Å². The Morgan fingerprint density at radius 2 is 1.77 bits per heavy atom. The summed E-state index contributed by atoms with van der Waals surface area (Å²) in [5, 5.41) is 2.66. The summed E-state index contributed by atoms with van der Waals surface area (Å²) in [7, 11) is 0. The van der Waals surface area contributed by atoms with Crippen LogP contribution in [0.4, 0.5) is 11.4 Å². The molecule has 2 aromatic rings. The number of aryl methyl sites for hydroxylation is 2. The van der Waals surface area contributed by atoms with E-state index in [2.05, 4.69) is 5.32 Å². The van der Waals surface area contributed by atoms with Crippen molar-refractivity contribution in [2.75, 3.05) is 30.0 Å². The Balaban J connectivity index is 1.51. The van der Waals surface area contributed by atoms with Crippen LogP contribution in [0.3, 0.4) is 0 Å². The quantitative estimate of drug-likeness (QED) is 0.709. The Morgan fingerprint density at radius 1 is 1.10 bits per heavy atom. The van der Waals surface area contributed by atoms with Crippen molar-refractivity contribution in [2.24, 2.45) is 5.92 Å². The third-order valence-electron chi connectivity index (χ3n) is 4.77. The fourth-order valence-electron chi connectivity index (χ4n) is 3.47. The molecule has 0 unspecified atom stereocenters. The number of amides is 2. The van der Waals surface area contributed by atoms with Crippen molar-refractivity contribution in [1.82, 2.24) is 0 Å². The Labute approximate surface area is 176 Å². The number of anilines is 2. The number of nitrogens with zero attached hydrogens (tertiary/aromatic N) is 1. The number of esters is 1. The van der Waals surface area contributed by atoms with Crippen molar-refractivity contribution < 1.29 is 23.9 Å². The number of rotatable bonds is 7. The van der Waals surface area contributed by atoms with E-state index in [-0.39, 0.29) is 18.9 Å². The monoisotopic (exact) mass is 410 g/mol. The molecule has 2 amide bonds. The summed E-state index contributed by atoms with van der Waals surface area (Å²) < 4.78 is 10.5. The molecule has 158 valence electrons. The number of benzene rings is 2. The molecule has 1 aliphatic heterocycles. The molecule has 1 atom stereocenters. The Hall–Kier alpha value is -3.35. The van der Waals surface area contributed by atoms with E-state index in [0.717, 1.165) is 16.8 Å². The highest BCUT2D eigenvalue weighted by molar-refractivity contribution is 6.00. The van der Waals surface area contributed by atoms with Crippen LogP contribution in [0.15, 0.2) is 42.5 Å². The Bertz CT molecular complexity index is 919. The molecular weight excluding hydrogens is 384 g/mol. The largest absolute Gasteiger partial charge is 0.494 e. The first-order chi connectivity index (χ1) is 14.4. The summed E-state index contributed by atoms with van der Waals surface area (Å²) >= 11 is 0. The summed E-state index contributed by atoms with van der Waals surface area (Å²) in [6.07, 6.45) is 0.0757. The van der Waals surface area contributed by atoms with Crippen molar-refractivity contribution in [3.8, 4) is 5.75 Å². The SMILES string of the molecule is CCOc1ccc(NC(=O)COC(=O)[C@H]2CC(=O)N(c3cc(C)cc(C)c3)C2)cc1. The molecule has 7 heteroatoms. The van der Waals surface area contributed by atoms with Gasteiger partial charge in [-0.05, 0) is 68.3 Å². The van der Waals surface area contributed by atoms with E-state index in [1.807, 2.05) is 39.0 Å². The first-order valence-corrected chi connectivity index (χ1v) is 9.93. The number of carbonyl (C=O) groups is 3. The van der Waals surface area contributed by atoms with E-state index in [0.29, 0.717) is 18.0 Å². The zero-order valence-corrected chi connectivity index (χ0v) is 17.4. The molecule has 0 spiro atoms. The number of ether oxygens (including phenoxy) is 2. The maximum absolute atomic E-state index is 12.4. The van der Waals surface area contributed by atoms with Crippen molar-refractivity contribution in [3.63, 3.8) is 0 Å². The Morgan fingerprint density at radius 3 is 2.40 bits per heavy atom. The van der Waals surface area contributed by atoms with Gasteiger partial charge in [-0.2, -0.15) is 0 Å². The predicted octanol–water partition coefficient (Wildman–Crippen LogP) is 3.24. The van der Waals surface area contributed by atoms with Gasteiger partial charge in [-0.15, -0.1) is 0 Å². The minimum Gasteiger partial charge on any atom is -0.494 e. The van der Waals surface area contributed by atoms with Crippen LogP contribution >= 0.6 is 0 Å². The standard InChI is InChI=1S/C23H26N2O5/c1-4-29-20-7-5-18(6-8-20)24-21(26)14-30-23(28)17-12-22(27)25(13-17)19-10-15(2)9-16(3)11-19/h5-11,17H,4,12-14H2,1-3H3,(H,24,26)/t17-/m0/s1. The number of hydrogen-bond donors (Lipinski definition) is 1. The molecule has 0 radical (unpaired) electrons. The number of carbonyl (C=O) groups excluding carboxylic acids is 3. The molecule has 2 aromatic carbocycles. The van der Waals surface area contributed by atoms with Crippen LogP contribution in [-0.2, 0) is 19.1 Å². The fraction of sp³-hybridized carbons (Fsp3) is 0.348. The van der Waals surface area contributed by atoms with E-state index >= 15 is 0 Å². The van der Waals surface area contributed by atoms with Crippen LogP contribution < -0.4 is 15.0 Å². The van der Waals surface area contributed by atoms with Crippen LogP contribution in [0.2, 0.25) is 0 Å². The van der Waals surface area contributed by atoms with Gasteiger partial charge in [0, 0.05) is 24.3 Å².